The highest BCUT2D eigenvalue weighted by Gasteiger charge is 2.67. The van der Waals surface area contributed by atoms with Gasteiger partial charge in [0.05, 0.1) is 24.8 Å². The number of hydrogen-bond donors (Lipinski definition) is 1. The second-order valence-corrected chi connectivity index (χ2v) is 20.1. The molecule has 2 bridgehead atoms. The fourth-order valence-corrected chi connectivity index (χ4v) is 8.95. The molecule has 3 aliphatic heterocycles. The molecule has 6 aliphatic rings. The number of carbonyl (C=O) groups excluding carboxylic acids is 4. The van der Waals surface area contributed by atoms with E-state index in [4.69, 9.17) is 38.7 Å². The van der Waals surface area contributed by atoms with E-state index in [2.05, 4.69) is 20.8 Å². The summed E-state index contributed by atoms with van der Waals surface area (Å²) >= 11 is 0. The third kappa shape index (κ3) is 8.79. The minimum absolute atomic E-state index is 0.00886. The van der Waals surface area contributed by atoms with E-state index >= 15 is 0 Å². The van der Waals surface area contributed by atoms with Crippen molar-refractivity contribution in [2.24, 2.45) is 23.0 Å². The average molecular weight is 784 g/mol. The van der Waals surface area contributed by atoms with Crippen molar-refractivity contribution < 1.29 is 52.2 Å². The Balaban J connectivity index is 1.22. The van der Waals surface area contributed by atoms with Gasteiger partial charge in [-0.25, -0.2) is 14.4 Å². The van der Waals surface area contributed by atoms with Gasteiger partial charge in [-0.3, -0.25) is 9.69 Å². The Morgan fingerprint density at radius 3 is 2.12 bits per heavy atom. The lowest BCUT2D eigenvalue weighted by Gasteiger charge is -2.64. The van der Waals surface area contributed by atoms with Gasteiger partial charge in [0.15, 0.2) is 5.75 Å². The van der Waals surface area contributed by atoms with Crippen LogP contribution in [0.5, 0.6) is 11.5 Å². The van der Waals surface area contributed by atoms with E-state index in [1.54, 1.807) is 79.3 Å². The van der Waals surface area contributed by atoms with Crippen molar-refractivity contribution >= 4 is 31.2 Å². The maximum Gasteiger partial charge on any atom is 0.514 e. The Morgan fingerprint density at radius 1 is 0.875 bits per heavy atom. The molecule has 2 amide bonds. The van der Waals surface area contributed by atoms with E-state index < -0.39 is 54.3 Å². The van der Waals surface area contributed by atoms with Gasteiger partial charge in [-0.2, -0.15) is 0 Å². The Labute approximate surface area is 331 Å². The van der Waals surface area contributed by atoms with Gasteiger partial charge >= 0.3 is 25.3 Å². The van der Waals surface area contributed by atoms with E-state index in [0.717, 1.165) is 12.8 Å². The molecule has 0 unspecified atom stereocenters. The predicted octanol–water partition coefficient (Wildman–Crippen LogP) is 6.15. The number of ether oxygens (including phenoxy) is 5. The van der Waals surface area contributed by atoms with Crippen molar-refractivity contribution in [1.82, 2.24) is 9.80 Å². The van der Waals surface area contributed by atoms with Gasteiger partial charge in [-0.15, -0.1) is 0 Å². The summed E-state index contributed by atoms with van der Waals surface area (Å²) in [6.45, 7) is 23.1. The molecule has 3 saturated heterocycles. The maximum atomic E-state index is 14.1. The first kappa shape index (κ1) is 42.1. The summed E-state index contributed by atoms with van der Waals surface area (Å²) in [7, 11) is -0.477. The SMILES string of the molecule is CC(C)(C)OC(=O)Oc1c(CCB2O[C@@H]3C[C@@H]4C[C@@H](C4(C)C)[C@]3(C)O2)ccc(OC2CN(C(=O)[C@@H]3C[C@H](N)CN3C(=O)OC(C)(C)C)C2)c1C(=O)OC(C)(C)C. The monoisotopic (exact) mass is 783 g/mol. The average Bonchev–Trinajstić information content (AvgIpc) is 3.58. The minimum atomic E-state index is -0.987. The van der Waals surface area contributed by atoms with Crippen LogP contribution >= 0.6 is 0 Å². The molecule has 1 aromatic rings. The van der Waals surface area contributed by atoms with Crippen LogP contribution in [0, 0.1) is 17.3 Å². The van der Waals surface area contributed by atoms with Gasteiger partial charge in [-0.1, -0.05) is 19.9 Å². The van der Waals surface area contributed by atoms with Crippen molar-refractivity contribution in [2.45, 2.75) is 162 Å². The molecular weight excluding hydrogens is 721 g/mol. The second-order valence-electron chi connectivity index (χ2n) is 20.1. The number of aryl methyl sites for hydroxylation is 1. The number of carbonyl (C=O) groups is 4. The lowest BCUT2D eigenvalue weighted by molar-refractivity contribution is -0.199. The van der Waals surface area contributed by atoms with E-state index in [0.29, 0.717) is 36.6 Å². The quantitative estimate of drug-likeness (QED) is 0.139. The minimum Gasteiger partial charge on any atom is -0.486 e. The summed E-state index contributed by atoms with van der Waals surface area (Å²) in [6.07, 6.45) is 1.13. The predicted molar refractivity (Wildman–Crippen MR) is 207 cm³/mol. The van der Waals surface area contributed by atoms with Gasteiger partial charge in [-0.05, 0) is 130 Å². The molecule has 0 radical (unpaired) electrons. The van der Waals surface area contributed by atoms with Crippen LogP contribution in [0.2, 0.25) is 6.32 Å². The number of hydrogen-bond acceptors (Lipinski definition) is 12. The van der Waals surface area contributed by atoms with Gasteiger partial charge in [0, 0.05) is 12.6 Å². The number of nitrogens with two attached hydrogens (primary N) is 1. The molecule has 14 nitrogen and oxygen atoms in total. The lowest BCUT2D eigenvalue weighted by atomic mass is 9.43. The van der Waals surface area contributed by atoms with Crippen LogP contribution in [0.3, 0.4) is 0 Å². The van der Waals surface area contributed by atoms with Crippen molar-refractivity contribution in [1.29, 1.82) is 0 Å². The molecule has 1 aromatic carbocycles. The smallest absolute Gasteiger partial charge is 0.486 e. The normalized spacial score (nSPS) is 28.5. The van der Waals surface area contributed by atoms with Gasteiger partial charge in [0.25, 0.3) is 0 Å². The number of likely N-dealkylation sites (tertiary alicyclic amines) is 2. The van der Waals surface area contributed by atoms with Crippen LogP contribution in [-0.4, -0.2) is 107 Å². The zero-order valence-corrected chi connectivity index (χ0v) is 35.3. The summed E-state index contributed by atoms with van der Waals surface area (Å²) in [5.41, 5.74) is 4.00. The fraction of sp³-hybridized carbons (Fsp3) is 0.756. The van der Waals surface area contributed by atoms with Crippen LogP contribution in [0.15, 0.2) is 12.1 Å². The topological polar surface area (TPSA) is 165 Å². The first-order valence-electron chi connectivity index (χ1n) is 20.1. The molecule has 3 aliphatic carbocycles. The number of amides is 2. The molecule has 56 heavy (non-hydrogen) atoms. The summed E-state index contributed by atoms with van der Waals surface area (Å²) in [4.78, 5) is 56.9. The number of nitrogens with zero attached hydrogens (tertiary/aromatic N) is 2. The van der Waals surface area contributed by atoms with Crippen molar-refractivity contribution in [2.75, 3.05) is 19.6 Å². The second kappa shape index (κ2) is 14.7. The highest BCUT2D eigenvalue weighted by atomic mass is 16.7. The Bertz CT molecular complexity index is 1710. The van der Waals surface area contributed by atoms with Crippen LogP contribution in [-0.2, 0) is 34.7 Å². The Kier molecular flexibility index (Phi) is 11.0. The maximum absolute atomic E-state index is 14.1. The molecular formula is C41H62BN3O11. The molecule has 0 spiro atoms. The molecule has 0 aromatic heterocycles. The van der Waals surface area contributed by atoms with Crippen LogP contribution < -0.4 is 15.2 Å². The number of benzene rings is 1. The first-order valence-corrected chi connectivity index (χ1v) is 20.1. The van der Waals surface area contributed by atoms with Crippen LogP contribution in [0.25, 0.3) is 0 Å². The third-order valence-electron chi connectivity index (χ3n) is 11.7. The van der Waals surface area contributed by atoms with Crippen LogP contribution in [0.4, 0.5) is 9.59 Å². The zero-order valence-electron chi connectivity index (χ0n) is 35.3. The van der Waals surface area contributed by atoms with E-state index in [1.807, 2.05) is 0 Å². The van der Waals surface area contributed by atoms with Gasteiger partial charge < -0.3 is 43.6 Å². The number of rotatable bonds is 8. The fourth-order valence-electron chi connectivity index (χ4n) is 8.95. The van der Waals surface area contributed by atoms with Crippen molar-refractivity contribution in [3.63, 3.8) is 0 Å². The largest absolute Gasteiger partial charge is 0.514 e. The molecule has 2 N–H and O–H groups in total. The first-order chi connectivity index (χ1) is 25.7. The van der Waals surface area contributed by atoms with Crippen molar-refractivity contribution in [3.8, 4) is 11.5 Å². The highest BCUT2D eigenvalue weighted by molar-refractivity contribution is 6.45. The standard InChI is InChI=1S/C41H62BN3O11/c1-37(2,3)52-34(47)31-28(50-26-21-44(22-26)33(46)27-19-25(43)20-45(27)35(48)53-38(4,5)6)14-13-23(32(31)51-36(49)54-39(7,8)9)15-16-42-55-30-18-24-17-29(40(24,10)11)41(30,12)56-42/h13-14,24-27,29-30H,15-22,43H2,1-12H3/t24-,25-,27-,29-,30+,41-/m0/s1. The summed E-state index contributed by atoms with van der Waals surface area (Å²) in [5.74, 6) is 0.108. The van der Waals surface area contributed by atoms with Gasteiger partial charge in [0.2, 0.25) is 5.91 Å². The number of esters is 1. The molecule has 15 heteroatoms. The molecule has 6 fully saturated rings. The van der Waals surface area contributed by atoms with E-state index in [1.165, 1.54) is 4.90 Å². The van der Waals surface area contributed by atoms with Gasteiger partial charge in [0.1, 0.15) is 40.3 Å². The molecule has 310 valence electrons. The lowest BCUT2D eigenvalue weighted by Crippen LogP contribution is -2.65. The molecule has 3 heterocycles. The molecule has 7 rings (SSSR count). The summed E-state index contributed by atoms with van der Waals surface area (Å²) in [5, 5.41) is 0. The Morgan fingerprint density at radius 2 is 1.52 bits per heavy atom. The Hall–Kier alpha value is -3.56. The third-order valence-corrected chi connectivity index (χ3v) is 11.7. The summed E-state index contributed by atoms with van der Waals surface area (Å²) in [6, 6.07) is 2.30. The zero-order chi connectivity index (χ0) is 41.3. The molecule has 6 atom stereocenters. The van der Waals surface area contributed by atoms with Crippen LogP contribution in [0.1, 0.15) is 118 Å². The van der Waals surface area contributed by atoms with E-state index in [-0.39, 0.29) is 65.8 Å². The highest BCUT2D eigenvalue weighted by Crippen LogP contribution is 2.65. The summed E-state index contributed by atoms with van der Waals surface area (Å²) < 4.78 is 42.4. The van der Waals surface area contributed by atoms with Crippen molar-refractivity contribution in [3.05, 3.63) is 23.3 Å². The molecule has 3 saturated carbocycles. The van der Waals surface area contributed by atoms with E-state index in [9.17, 15) is 19.2 Å².